The summed E-state index contributed by atoms with van der Waals surface area (Å²) < 4.78 is 7.34. The number of carbonyl (C=O) groups excluding carboxylic acids is 1. The minimum Gasteiger partial charge on any atom is -0.444 e. The van der Waals surface area contributed by atoms with Gasteiger partial charge in [-0.05, 0) is 26.3 Å². The number of pyridine rings is 1. The van der Waals surface area contributed by atoms with Gasteiger partial charge in [-0.2, -0.15) is 0 Å². The van der Waals surface area contributed by atoms with E-state index in [1.54, 1.807) is 4.90 Å². The molecule has 0 radical (unpaired) electrons. The van der Waals surface area contributed by atoms with Crippen LogP contribution in [0.15, 0.2) is 24.5 Å². The van der Waals surface area contributed by atoms with Gasteiger partial charge in [-0.1, -0.05) is 0 Å². The van der Waals surface area contributed by atoms with E-state index in [9.17, 15) is 4.79 Å². The first-order valence-electron chi connectivity index (χ1n) is 6.28. The Kier molecular flexibility index (Phi) is 3.28. The molecule has 0 saturated carbocycles. The number of aryl methyl sites for hydroxylation is 1. The zero-order chi connectivity index (χ0) is 13.3. The molecule has 0 aromatic carbocycles. The predicted octanol–water partition coefficient (Wildman–Crippen LogP) is 1.85. The van der Waals surface area contributed by atoms with Crippen molar-refractivity contribution in [3.8, 4) is 0 Å². The van der Waals surface area contributed by atoms with Gasteiger partial charge in [0, 0.05) is 31.1 Å². The lowest BCUT2D eigenvalue weighted by molar-refractivity contribution is -0.671. The molecule has 0 unspecified atom stereocenters. The fraction of sp³-hybridized carbons (Fsp3) is 0.571. The van der Waals surface area contributed by atoms with Crippen molar-refractivity contribution in [1.82, 2.24) is 4.90 Å². The molecule has 0 bridgehead atoms. The van der Waals surface area contributed by atoms with Crippen molar-refractivity contribution in [2.75, 3.05) is 13.1 Å². The molecule has 98 valence electrons. The molecule has 1 aliphatic rings. The number of nitrogens with zero attached hydrogens (tertiary/aromatic N) is 2. The molecule has 4 nitrogen and oxygen atoms in total. The van der Waals surface area contributed by atoms with Crippen molar-refractivity contribution in [2.45, 2.75) is 32.3 Å². The lowest BCUT2D eigenvalue weighted by Gasteiger charge is -2.39. The molecule has 1 aliphatic heterocycles. The molecule has 1 saturated heterocycles. The van der Waals surface area contributed by atoms with E-state index in [4.69, 9.17) is 4.74 Å². The zero-order valence-corrected chi connectivity index (χ0v) is 11.5. The summed E-state index contributed by atoms with van der Waals surface area (Å²) in [5.74, 6) is 0.443. The van der Waals surface area contributed by atoms with Crippen molar-refractivity contribution < 1.29 is 14.1 Å². The Morgan fingerprint density at radius 1 is 1.33 bits per heavy atom. The summed E-state index contributed by atoms with van der Waals surface area (Å²) in [5, 5.41) is 0. The van der Waals surface area contributed by atoms with Gasteiger partial charge >= 0.3 is 6.09 Å². The second-order valence-electron chi connectivity index (χ2n) is 5.88. The van der Waals surface area contributed by atoms with Crippen LogP contribution in [0.2, 0.25) is 0 Å². The maximum absolute atomic E-state index is 11.8. The fourth-order valence-corrected chi connectivity index (χ4v) is 1.95. The lowest BCUT2D eigenvalue weighted by Crippen LogP contribution is -2.50. The van der Waals surface area contributed by atoms with Gasteiger partial charge in [0.05, 0.1) is 0 Å². The van der Waals surface area contributed by atoms with Gasteiger partial charge in [-0.3, -0.25) is 0 Å². The first-order valence-corrected chi connectivity index (χ1v) is 6.28. The molecular formula is C14H21N2O2+. The summed E-state index contributed by atoms with van der Waals surface area (Å²) in [6, 6.07) is 4.22. The molecule has 0 spiro atoms. The van der Waals surface area contributed by atoms with Crippen LogP contribution >= 0.6 is 0 Å². The molecule has 0 N–H and O–H groups in total. The second kappa shape index (κ2) is 4.59. The highest BCUT2D eigenvalue weighted by Crippen LogP contribution is 2.27. The number of aromatic nitrogens is 1. The largest absolute Gasteiger partial charge is 0.444 e. The van der Waals surface area contributed by atoms with Gasteiger partial charge in [0.25, 0.3) is 0 Å². The highest BCUT2D eigenvalue weighted by molar-refractivity contribution is 5.69. The number of likely N-dealkylation sites (tertiary alicyclic amines) is 1. The van der Waals surface area contributed by atoms with Crippen molar-refractivity contribution in [3.05, 3.63) is 30.1 Å². The molecular weight excluding hydrogens is 228 g/mol. The molecule has 1 aromatic rings. The van der Waals surface area contributed by atoms with Crippen LogP contribution in [-0.2, 0) is 11.8 Å². The highest BCUT2D eigenvalue weighted by atomic mass is 16.6. The Hall–Kier alpha value is -1.58. The maximum Gasteiger partial charge on any atom is 0.410 e. The molecule has 18 heavy (non-hydrogen) atoms. The number of ether oxygens (including phenoxy) is 1. The van der Waals surface area contributed by atoms with E-state index in [1.807, 2.05) is 44.8 Å². The third-order valence-electron chi connectivity index (χ3n) is 3.01. The summed E-state index contributed by atoms with van der Waals surface area (Å²) >= 11 is 0. The van der Waals surface area contributed by atoms with Crippen molar-refractivity contribution in [1.29, 1.82) is 0 Å². The highest BCUT2D eigenvalue weighted by Gasteiger charge is 2.34. The van der Waals surface area contributed by atoms with E-state index >= 15 is 0 Å². The van der Waals surface area contributed by atoms with Crippen LogP contribution in [0, 0.1) is 0 Å². The van der Waals surface area contributed by atoms with E-state index in [-0.39, 0.29) is 6.09 Å². The third-order valence-corrected chi connectivity index (χ3v) is 3.01. The Morgan fingerprint density at radius 2 is 1.89 bits per heavy atom. The zero-order valence-electron chi connectivity index (χ0n) is 11.5. The summed E-state index contributed by atoms with van der Waals surface area (Å²) in [4.78, 5) is 13.5. The SMILES string of the molecule is C[n+]1ccc(C2CN(C(=O)OC(C)(C)C)C2)cc1. The average molecular weight is 249 g/mol. The van der Waals surface area contributed by atoms with Crippen LogP contribution < -0.4 is 4.57 Å². The van der Waals surface area contributed by atoms with E-state index in [0.29, 0.717) is 5.92 Å². The standard InChI is InChI=1S/C14H21N2O2/c1-14(2,3)18-13(17)16-9-12(10-16)11-5-7-15(4)8-6-11/h5-8,12H,9-10H2,1-4H3/q+1. The number of amides is 1. The summed E-state index contributed by atoms with van der Waals surface area (Å²) in [6.07, 6.45) is 3.86. The van der Waals surface area contributed by atoms with Crippen LogP contribution in [0.25, 0.3) is 0 Å². The summed E-state index contributed by atoms with van der Waals surface area (Å²) in [5.41, 5.74) is 0.871. The van der Waals surface area contributed by atoms with E-state index in [2.05, 4.69) is 12.1 Å². The van der Waals surface area contributed by atoms with Crippen LogP contribution in [-0.4, -0.2) is 29.7 Å². The Balaban J connectivity index is 1.87. The second-order valence-corrected chi connectivity index (χ2v) is 5.88. The quantitative estimate of drug-likeness (QED) is 0.712. The van der Waals surface area contributed by atoms with E-state index in [0.717, 1.165) is 13.1 Å². The monoisotopic (exact) mass is 249 g/mol. The van der Waals surface area contributed by atoms with Gasteiger partial charge < -0.3 is 9.64 Å². The molecule has 0 atom stereocenters. The van der Waals surface area contributed by atoms with Gasteiger partial charge in [0.1, 0.15) is 12.6 Å². The number of hydrogen-bond donors (Lipinski definition) is 0. The van der Waals surface area contributed by atoms with Crippen molar-refractivity contribution >= 4 is 6.09 Å². The van der Waals surface area contributed by atoms with Gasteiger partial charge in [-0.25, -0.2) is 9.36 Å². The first-order chi connectivity index (χ1) is 8.35. The Labute approximate surface area is 108 Å². The first kappa shape index (κ1) is 12.9. The Morgan fingerprint density at radius 3 is 2.39 bits per heavy atom. The lowest BCUT2D eigenvalue weighted by atomic mass is 9.93. The maximum atomic E-state index is 11.8. The number of hydrogen-bond acceptors (Lipinski definition) is 2. The minimum atomic E-state index is -0.414. The summed E-state index contributed by atoms with van der Waals surface area (Å²) in [7, 11) is 2.00. The van der Waals surface area contributed by atoms with Crippen LogP contribution in [0.5, 0.6) is 0 Å². The van der Waals surface area contributed by atoms with Crippen molar-refractivity contribution in [3.63, 3.8) is 0 Å². The molecule has 0 aliphatic carbocycles. The average Bonchev–Trinajstić information content (AvgIpc) is 2.15. The van der Waals surface area contributed by atoms with Gasteiger partial charge in [0.2, 0.25) is 0 Å². The van der Waals surface area contributed by atoms with E-state index < -0.39 is 5.60 Å². The summed E-state index contributed by atoms with van der Waals surface area (Å²) in [6.45, 7) is 7.17. The predicted molar refractivity (Wildman–Crippen MR) is 68.2 cm³/mol. The minimum absolute atomic E-state index is 0.208. The topological polar surface area (TPSA) is 33.4 Å². The molecule has 1 aromatic heterocycles. The van der Waals surface area contributed by atoms with Gasteiger partial charge in [0.15, 0.2) is 12.4 Å². The normalized spacial score (nSPS) is 16.3. The smallest absolute Gasteiger partial charge is 0.410 e. The fourth-order valence-electron chi connectivity index (χ4n) is 1.95. The molecule has 2 heterocycles. The van der Waals surface area contributed by atoms with Crippen LogP contribution in [0.3, 0.4) is 0 Å². The number of carbonyl (C=O) groups is 1. The van der Waals surface area contributed by atoms with Crippen molar-refractivity contribution in [2.24, 2.45) is 7.05 Å². The molecule has 1 amide bonds. The van der Waals surface area contributed by atoms with Gasteiger partial charge in [-0.15, -0.1) is 0 Å². The molecule has 4 heteroatoms. The molecule has 1 fully saturated rings. The van der Waals surface area contributed by atoms with Crippen LogP contribution in [0.4, 0.5) is 4.79 Å². The van der Waals surface area contributed by atoms with E-state index in [1.165, 1.54) is 5.56 Å². The third kappa shape index (κ3) is 3.00. The molecule has 2 rings (SSSR count). The van der Waals surface area contributed by atoms with Crippen LogP contribution in [0.1, 0.15) is 32.3 Å². The number of rotatable bonds is 1. The Bertz CT molecular complexity index is 428.